The van der Waals surface area contributed by atoms with Gasteiger partial charge in [0.1, 0.15) is 5.75 Å². The van der Waals surface area contributed by atoms with E-state index in [4.69, 9.17) is 4.74 Å². The summed E-state index contributed by atoms with van der Waals surface area (Å²) in [4.78, 5) is 23.2. The van der Waals surface area contributed by atoms with Crippen LogP contribution in [-0.2, 0) is 4.74 Å². The van der Waals surface area contributed by atoms with E-state index in [2.05, 4.69) is 4.74 Å². The van der Waals surface area contributed by atoms with Crippen LogP contribution in [-0.4, -0.2) is 31.3 Å². The minimum atomic E-state index is -0.504. The third kappa shape index (κ3) is 2.20. The number of nitrogens with zero attached hydrogens (tertiary/aromatic N) is 2. The minimum absolute atomic E-state index is 0.0690. The van der Waals surface area contributed by atoms with Gasteiger partial charge < -0.3 is 9.47 Å². The molecule has 1 heterocycles. The number of carbonyl (C=O) groups is 1. The second-order valence-electron chi connectivity index (χ2n) is 3.73. The van der Waals surface area contributed by atoms with E-state index in [1.807, 2.05) is 0 Å². The SMILES string of the molecule is COC(=O)N1CCCOc2cc([N+](=O)[O-])ccc21. The summed E-state index contributed by atoms with van der Waals surface area (Å²) in [6.45, 7) is 0.860. The molecule has 0 radical (unpaired) electrons. The summed E-state index contributed by atoms with van der Waals surface area (Å²) in [6.07, 6.45) is 0.132. The number of fused-ring (bicyclic) bond motifs is 1. The van der Waals surface area contributed by atoms with Crippen molar-refractivity contribution in [3.63, 3.8) is 0 Å². The van der Waals surface area contributed by atoms with Gasteiger partial charge in [0, 0.05) is 12.6 Å². The molecule has 1 aromatic rings. The maximum atomic E-state index is 11.6. The zero-order valence-electron chi connectivity index (χ0n) is 9.79. The molecule has 0 bridgehead atoms. The fourth-order valence-electron chi connectivity index (χ4n) is 1.78. The van der Waals surface area contributed by atoms with Crippen LogP contribution in [0, 0.1) is 10.1 Å². The van der Waals surface area contributed by atoms with Gasteiger partial charge in [0.05, 0.1) is 30.4 Å². The number of non-ortho nitro benzene ring substituents is 1. The molecule has 0 saturated carbocycles. The maximum absolute atomic E-state index is 11.6. The fourth-order valence-corrected chi connectivity index (χ4v) is 1.78. The Balaban J connectivity index is 2.43. The van der Waals surface area contributed by atoms with Gasteiger partial charge in [0.15, 0.2) is 0 Å². The number of rotatable bonds is 1. The van der Waals surface area contributed by atoms with Gasteiger partial charge in [-0.2, -0.15) is 0 Å². The van der Waals surface area contributed by atoms with Gasteiger partial charge in [-0.25, -0.2) is 4.79 Å². The summed E-state index contributed by atoms with van der Waals surface area (Å²) in [5.41, 5.74) is 0.422. The first kappa shape index (κ1) is 12.2. The molecule has 1 aromatic carbocycles. The summed E-state index contributed by atoms with van der Waals surface area (Å²) in [6, 6.07) is 4.15. The average molecular weight is 252 g/mol. The summed E-state index contributed by atoms with van der Waals surface area (Å²) >= 11 is 0. The number of carbonyl (C=O) groups excluding carboxylic acids is 1. The van der Waals surface area contributed by atoms with Crippen LogP contribution < -0.4 is 9.64 Å². The molecule has 0 N–H and O–H groups in total. The molecule has 7 nitrogen and oxygen atoms in total. The summed E-state index contributed by atoms with van der Waals surface area (Å²) in [5, 5.41) is 10.7. The molecule has 96 valence electrons. The third-order valence-electron chi connectivity index (χ3n) is 2.62. The van der Waals surface area contributed by atoms with E-state index in [1.54, 1.807) is 0 Å². The van der Waals surface area contributed by atoms with E-state index in [9.17, 15) is 14.9 Å². The van der Waals surface area contributed by atoms with Crippen molar-refractivity contribution in [1.82, 2.24) is 0 Å². The zero-order valence-corrected chi connectivity index (χ0v) is 9.79. The Morgan fingerprint density at radius 2 is 2.33 bits per heavy atom. The standard InChI is InChI=1S/C11H12N2O5/c1-17-11(14)12-5-2-6-18-10-7-8(13(15)16)3-4-9(10)12/h3-4,7H,2,5-6H2,1H3. The van der Waals surface area contributed by atoms with E-state index in [-0.39, 0.29) is 5.69 Å². The molecule has 0 aromatic heterocycles. The lowest BCUT2D eigenvalue weighted by molar-refractivity contribution is -0.384. The van der Waals surface area contributed by atoms with Gasteiger partial charge in [-0.1, -0.05) is 0 Å². The number of anilines is 1. The van der Waals surface area contributed by atoms with Crippen molar-refractivity contribution in [2.45, 2.75) is 6.42 Å². The first-order valence-corrected chi connectivity index (χ1v) is 5.40. The fraction of sp³-hybridized carbons (Fsp3) is 0.364. The number of nitro groups is 1. The molecule has 0 unspecified atom stereocenters. The number of ether oxygens (including phenoxy) is 2. The number of hydrogen-bond acceptors (Lipinski definition) is 5. The summed E-state index contributed by atoms with van der Waals surface area (Å²) < 4.78 is 10.1. The molecule has 2 rings (SSSR count). The summed E-state index contributed by atoms with van der Waals surface area (Å²) in [7, 11) is 1.29. The highest BCUT2D eigenvalue weighted by Crippen LogP contribution is 2.34. The Hall–Kier alpha value is -2.31. The predicted molar refractivity (Wildman–Crippen MR) is 63.0 cm³/mol. The van der Waals surface area contributed by atoms with Crippen LogP contribution in [0.2, 0.25) is 0 Å². The van der Waals surface area contributed by atoms with Crippen molar-refractivity contribution in [1.29, 1.82) is 0 Å². The van der Waals surface area contributed by atoms with Crippen molar-refractivity contribution in [3.8, 4) is 5.75 Å². The van der Waals surface area contributed by atoms with Crippen molar-refractivity contribution in [3.05, 3.63) is 28.3 Å². The first-order chi connectivity index (χ1) is 8.63. The number of benzene rings is 1. The molecule has 18 heavy (non-hydrogen) atoms. The first-order valence-electron chi connectivity index (χ1n) is 5.40. The Kier molecular flexibility index (Phi) is 3.31. The quantitative estimate of drug-likeness (QED) is 0.563. The molecule has 0 aliphatic carbocycles. The van der Waals surface area contributed by atoms with E-state index >= 15 is 0 Å². The van der Waals surface area contributed by atoms with Crippen LogP contribution in [0.1, 0.15) is 6.42 Å². The minimum Gasteiger partial charge on any atom is -0.491 e. The molecule has 1 aliphatic heterocycles. The van der Waals surface area contributed by atoms with Gasteiger partial charge in [-0.05, 0) is 12.5 Å². The van der Waals surface area contributed by atoms with E-state index in [1.165, 1.54) is 30.2 Å². The van der Waals surface area contributed by atoms with Gasteiger partial charge in [-0.3, -0.25) is 15.0 Å². The van der Waals surface area contributed by atoms with Gasteiger partial charge in [-0.15, -0.1) is 0 Å². The van der Waals surface area contributed by atoms with Gasteiger partial charge in [0.25, 0.3) is 5.69 Å². The highest BCUT2D eigenvalue weighted by molar-refractivity contribution is 5.90. The Labute approximate surface area is 103 Å². The van der Waals surface area contributed by atoms with E-state index in [0.717, 1.165) is 0 Å². The maximum Gasteiger partial charge on any atom is 0.414 e. The second-order valence-corrected chi connectivity index (χ2v) is 3.73. The largest absolute Gasteiger partial charge is 0.491 e. The number of methoxy groups -OCH3 is 1. The molecule has 0 spiro atoms. The van der Waals surface area contributed by atoms with Crippen LogP contribution >= 0.6 is 0 Å². The molecule has 0 saturated heterocycles. The lowest BCUT2D eigenvalue weighted by Crippen LogP contribution is -2.31. The summed E-state index contributed by atoms with van der Waals surface area (Å²) in [5.74, 6) is 0.326. The highest BCUT2D eigenvalue weighted by Gasteiger charge is 2.24. The number of nitro benzene ring substituents is 1. The molecular weight excluding hydrogens is 240 g/mol. The van der Waals surface area contributed by atoms with Crippen LogP contribution in [0.15, 0.2) is 18.2 Å². The molecule has 7 heteroatoms. The Morgan fingerprint density at radius 3 is 3.00 bits per heavy atom. The van der Waals surface area contributed by atoms with E-state index < -0.39 is 11.0 Å². The molecule has 1 amide bonds. The highest BCUT2D eigenvalue weighted by atomic mass is 16.6. The van der Waals surface area contributed by atoms with Crippen molar-refractivity contribution < 1.29 is 19.2 Å². The molecule has 1 aliphatic rings. The smallest absolute Gasteiger partial charge is 0.414 e. The molecule has 0 atom stereocenters. The lowest BCUT2D eigenvalue weighted by atomic mass is 10.2. The van der Waals surface area contributed by atoms with Crippen LogP contribution in [0.4, 0.5) is 16.2 Å². The van der Waals surface area contributed by atoms with Gasteiger partial charge >= 0.3 is 6.09 Å². The lowest BCUT2D eigenvalue weighted by Gasteiger charge is -2.19. The molecular formula is C11H12N2O5. The Bertz CT molecular complexity index is 488. The monoisotopic (exact) mass is 252 g/mol. The zero-order chi connectivity index (χ0) is 13.1. The van der Waals surface area contributed by atoms with Crippen LogP contribution in [0.3, 0.4) is 0 Å². The third-order valence-corrected chi connectivity index (χ3v) is 2.62. The van der Waals surface area contributed by atoms with Crippen molar-refractivity contribution in [2.24, 2.45) is 0 Å². The van der Waals surface area contributed by atoms with Gasteiger partial charge in [0.2, 0.25) is 0 Å². The van der Waals surface area contributed by atoms with Crippen molar-refractivity contribution >= 4 is 17.5 Å². The molecule has 0 fully saturated rings. The topological polar surface area (TPSA) is 81.9 Å². The normalized spacial score (nSPS) is 14.2. The van der Waals surface area contributed by atoms with Crippen molar-refractivity contribution in [2.75, 3.05) is 25.2 Å². The Morgan fingerprint density at radius 1 is 1.56 bits per heavy atom. The van der Waals surface area contributed by atoms with E-state index in [0.29, 0.717) is 31.0 Å². The average Bonchev–Trinajstić information content (AvgIpc) is 2.59. The predicted octanol–water partition coefficient (Wildman–Crippen LogP) is 1.95. The van der Waals surface area contributed by atoms with Crippen LogP contribution in [0.25, 0.3) is 0 Å². The number of amides is 1. The van der Waals surface area contributed by atoms with Crippen LogP contribution in [0.5, 0.6) is 5.75 Å². The number of hydrogen-bond donors (Lipinski definition) is 0. The second kappa shape index (κ2) is 4.91.